The predicted molar refractivity (Wildman–Crippen MR) is 110 cm³/mol. The van der Waals surface area contributed by atoms with E-state index < -0.39 is 42.5 Å². The summed E-state index contributed by atoms with van der Waals surface area (Å²) in [7, 11) is 1.61. The number of rotatable bonds is 8. The van der Waals surface area contributed by atoms with Crippen molar-refractivity contribution in [3.63, 3.8) is 0 Å². The van der Waals surface area contributed by atoms with E-state index in [0.29, 0.717) is 12.4 Å². The average Bonchev–Trinajstić information content (AvgIpc) is 2.71. The first-order chi connectivity index (χ1) is 14.8. The summed E-state index contributed by atoms with van der Waals surface area (Å²) in [6, 6.07) is 7.22. The fraction of sp³-hybridized carbons (Fsp3) is 0.591. The fourth-order valence-corrected chi connectivity index (χ4v) is 2.96. The lowest BCUT2D eigenvalue weighted by molar-refractivity contribution is -0.245. The van der Waals surface area contributed by atoms with Gasteiger partial charge in [-0.15, -0.1) is 0 Å². The van der Waals surface area contributed by atoms with Gasteiger partial charge < -0.3 is 28.4 Å². The minimum absolute atomic E-state index is 0.133. The molecule has 4 atom stereocenters. The Morgan fingerprint density at radius 1 is 0.968 bits per heavy atom. The molecular weight excluding hydrogens is 408 g/mol. The minimum atomic E-state index is -0.931. The van der Waals surface area contributed by atoms with Gasteiger partial charge in [-0.3, -0.25) is 14.4 Å². The average molecular weight is 440 g/mol. The Morgan fingerprint density at radius 2 is 1.58 bits per heavy atom. The van der Waals surface area contributed by atoms with Gasteiger partial charge in [0, 0.05) is 27.9 Å². The number of methoxy groups -OCH3 is 1. The van der Waals surface area contributed by atoms with Crippen molar-refractivity contribution in [3.8, 4) is 5.75 Å². The van der Waals surface area contributed by atoms with Gasteiger partial charge in [-0.25, -0.2) is 0 Å². The van der Waals surface area contributed by atoms with Crippen LogP contribution in [0, 0.1) is 0 Å². The van der Waals surface area contributed by atoms with Crippen LogP contribution in [0.5, 0.6) is 5.75 Å². The second-order valence-corrected chi connectivity index (χ2v) is 6.56. The normalized spacial score (nSPS) is 22.4. The van der Waals surface area contributed by atoms with Crippen LogP contribution < -0.4 is 4.74 Å². The highest BCUT2D eigenvalue weighted by molar-refractivity contribution is 5.67. The number of benzene rings is 1. The van der Waals surface area contributed by atoms with Crippen LogP contribution in [0.3, 0.4) is 0 Å². The first kappa shape index (κ1) is 26.4. The molecule has 9 heteroatoms. The summed E-state index contributed by atoms with van der Waals surface area (Å²) in [6.45, 7) is 8.04. The SMILES string of the molecule is CC.COCc1ccc(OC2CC(OC(C)=O)C(OC(C)=O)C(COC(C)=O)O2)cc1. The Bertz CT molecular complexity index is 701. The summed E-state index contributed by atoms with van der Waals surface area (Å²) in [4.78, 5) is 34.3. The van der Waals surface area contributed by atoms with Crippen LogP contribution in [0.25, 0.3) is 0 Å². The molecule has 0 spiro atoms. The van der Waals surface area contributed by atoms with E-state index in [-0.39, 0.29) is 13.0 Å². The van der Waals surface area contributed by atoms with Gasteiger partial charge in [-0.2, -0.15) is 0 Å². The minimum Gasteiger partial charge on any atom is -0.465 e. The van der Waals surface area contributed by atoms with E-state index in [4.69, 9.17) is 28.4 Å². The van der Waals surface area contributed by atoms with Crippen LogP contribution >= 0.6 is 0 Å². The number of carbonyl (C=O) groups is 3. The van der Waals surface area contributed by atoms with Crippen LogP contribution in [-0.4, -0.2) is 56.2 Å². The lowest BCUT2D eigenvalue weighted by Crippen LogP contribution is -2.54. The molecule has 0 saturated carbocycles. The molecule has 0 N–H and O–H groups in total. The van der Waals surface area contributed by atoms with Gasteiger partial charge in [-0.1, -0.05) is 26.0 Å². The van der Waals surface area contributed by atoms with E-state index in [9.17, 15) is 14.4 Å². The van der Waals surface area contributed by atoms with E-state index in [1.165, 1.54) is 20.8 Å². The zero-order chi connectivity index (χ0) is 23.4. The maximum absolute atomic E-state index is 11.5. The summed E-state index contributed by atoms with van der Waals surface area (Å²) in [6.07, 6.45) is -3.28. The molecule has 1 heterocycles. The second kappa shape index (κ2) is 13.6. The van der Waals surface area contributed by atoms with Crippen molar-refractivity contribution < 1.29 is 42.8 Å². The summed E-state index contributed by atoms with van der Waals surface area (Å²) in [5.41, 5.74) is 0.977. The van der Waals surface area contributed by atoms with Crippen molar-refractivity contribution in [1.29, 1.82) is 0 Å². The Hall–Kier alpha value is -2.65. The van der Waals surface area contributed by atoms with Crippen molar-refractivity contribution in [2.45, 2.75) is 72.2 Å². The summed E-state index contributed by atoms with van der Waals surface area (Å²) in [5.74, 6) is -1.09. The van der Waals surface area contributed by atoms with Gasteiger partial charge in [0.1, 0.15) is 24.6 Å². The van der Waals surface area contributed by atoms with Crippen LogP contribution in [0.2, 0.25) is 0 Å². The molecule has 1 aromatic rings. The molecule has 1 aliphatic rings. The van der Waals surface area contributed by atoms with Gasteiger partial charge in [0.15, 0.2) is 6.10 Å². The zero-order valence-corrected chi connectivity index (χ0v) is 18.9. The molecule has 31 heavy (non-hydrogen) atoms. The molecule has 1 fully saturated rings. The molecule has 0 amide bonds. The molecule has 0 radical (unpaired) electrons. The Labute approximate surface area is 182 Å². The Kier molecular flexibility index (Phi) is 11.6. The zero-order valence-electron chi connectivity index (χ0n) is 18.9. The third-order valence-electron chi connectivity index (χ3n) is 4.06. The van der Waals surface area contributed by atoms with E-state index in [2.05, 4.69) is 0 Å². The third-order valence-corrected chi connectivity index (χ3v) is 4.06. The molecule has 0 aromatic heterocycles. The molecule has 0 bridgehead atoms. The van der Waals surface area contributed by atoms with E-state index >= 15 is 0 Å². The molecule has 1 aliphatic heterocycles. The number of hydrogen-bond donors (Lipinski definition) is 0. The molecule has 1 saturated heterocycles. The van der Waals surface area contributed by atoms with Crippen molar-refractivity contribution in [2.75, 3.05) is 13.7 Å². The number of hydrogen-bond acceptors (Lipinski definition) is 9. The number of carbonyl (C=O) groups excluding carboxylic acids is 3. The lowest BCUT2D eigenvalue weighted by atomic mass is 10.0. The van der Waals surface area contributed by atoms with Crippen LogP contribution in [-0.2, 0) is 44.7 Å². The predicted octanol–water partition coefficient (Wildman–Crippen LogP) is 2.78. The van der Waals surface area contributed by atoms with Crippen molar-refractivity contribution in [3.05, 3.63) is 29.8 Å². The van der Waals surface area contributed by atoms with E-state index in [0.717, 1.165) is 5.56 Å². The molecular formula is C22H32O9. The number of esters is 3. The quantitative estimate of drug-likeness (QED) is 0.445. The Morgan fingerprint density at radius 3 is 2.10 bits per heavy atom. The number of ether oxygens (including phenoxy) is 6. The highest BCUT2D eigenvalue weighted by Gasteiger charge is 2.44. The van der Waals surface area contributed by atoms with Gasteiger partial charge in [0.25, 0.3) is 0 Å². The van der Waals surface area contributed by atoms with Crippen molar-refractivity contribution >= 4 is 17.9 Å². The molecule has 174 valence electrons. The Balaban J connectivity index is 0.00000233. The van der Waals surface area contributed by atoms with Crippen molar-refractivity contribution in [1.82, 2.24) is 0 Å². The maximum Gasteiger partial charge on any atom is 0.303 e. The molecule has 2 rings (SSSR count). The monoisotopic (exact) mass is 440 g/mol. The highest BCUT2D eigenvalue weighted by atomic mass is 16.7. The summed E-state index contributed by atoms with van der Waals surface area (Å²) >= 11 is 0. The van der Waals surface area contributed by atoms with Crippen LogP contribution in [0.15, 0.2) is 24.3 Å². The summed E-state index contributed by atoms with van der Waals surface area (Å²) < 4.78 is 32.4. The molecule has 0 aliphatic carbocycles. The molecule has 4 unspecified atom stereocenters. The second-order valence-electron chi connectivity index (χ2n) is 6.56. The highest BCUT2D eigenvalue weighted by Crippen LogP contribution is 2.28. The first-order valence-corrected chi connectivity index (χ1v) is 10.2. The smallest absolute Gasteiger partial charge is 0.303 e. The largest absolute Gasteiger partial charge is 0.465 e. The van der Waals surface area contributed by atoms with E-state index in [1.807, 2.05) is 26.0 Å². The lowest BCUT2D eigenvalue weighted by Gasteiger charge is -2.39. The van der Waals surface area contributed by atoms with Crippen LogP contribution in [0.4, 0.5) is 0 Å². The van der Waals surface area contributed by atoms with Gasteiger partial charge in [-0.05, 0) is 17.7 Å². The van der Waals surface area contributed by atoms with Crippen LogP contribution in [0.1, 0.15) is 46.6 Å². The summed E-state index contributed by atoms with van der Waals surface area (Å²) in [5, 5.41) is 0. The standard InChI is InChI=1S/C20H26O9.C2H6/c1-12(21)25-11-18-20(27-14(3)23)17(26-13(2)22)9-19(29-18)28-16-7-5-15(6-8-16)10-24-4;1-2/h5-8,17-20H,9-11H2,1-4H3;1-2H3. The molecule has 1 aromatic carbocycles. The van der Waals surface area contributed by atoms with Gasteiger partial charge in [0.05, 0.1) is 13.0 Å². The van der Waals surface area contributed by atoms with Gasteiger partial charge in [0.2, 0.25) is 6.29 Å². The van der Waals surface area contributed by atoms with Crippen molar-refractivity contribution in [2.24, 2.45) is 0 Å². The fourth-order valence-electron chi connectivity index (χ4n) is 2.96. The molecule has 9 nitrogen and oxygen atoms in total. The van der Waals surface area contributed by atoms with E-state index in [1.54, 1.807) is 19.2 Å². The third kappa shape index (κ3) is 9.35. The van der Waals surface area contributed by atoms with Gasteiger partial charge >= 0.3 is 17.9 Å². The topological polar surface area (TPSA) is 107 Å². The first-order valence-electron chi connectivity index (χ1n) is 10.2. The maximum atomic E-state index is 11.5.